The van der Waals surface area contributed by atoms with Crippen LogP contribution in [-0.4, -0.2) is 15.9 Å². The van der Waals surface area contributed by atoms with Crippen molar-refractivity contribution in [3.63, 3.8) is 0 Å². The van der Waals surface area contributed by atoms with Crippen LogP contribution in [0.15, 0.2) is 73.4 Å². The van der Waals surface area contributed by atoms with E-state index in [4.69, 9.17) is 27.9 Å². The summed E-state index contributed by atoms with van der Waals surface area (Å²) in [5.74, 6) is 1.10. The lowest BCUT2D eigenvalue weighted by atomic mass is 10.2. The van der Waals surface area contributed by atoms with Gasteiger partial charge in [-0.1, -0.05) is 64.3 Å². The van der Waals surface area contributed by atoms with E-state index in [-0.39, 0.29) is 12.2 Å². The van der Waals surface area contributed by atoms with Crippen LogP contribution >= 0.6 is 55.1 Å². The molecule has 0 unspecified atom stereocenters. The minimum absolute atomic E-state index is 0.226. The normalized spacial score (nSPS) is 11.4. The molecule has 0 aliphatic heterocycles. The Morgan fingerprint density at radius 3 is 2.62 bits per heavy atom. The molecule has 0 saturated carbocycles. The molecular formula is C25H19Br2Cl2N3O2. The maximum absolute atomic E-state index is 13.2. The number of rotatable bonds is 7. The van der Waals surface area contributed by atoms with E-state index in [0.29, 0.717) is 49.0 Å². The highest BCUT2D eigenvalue weighted by Gasteiger charge is 2.12. The number of aryl methyl sites for hydroxylation is 1. The van der Waals surface area contributed by atoms with E-state index in [2.05, 4.69) is 41.9 Å². The van der Waals surface area contributed by atoms with Crippen LogP contribution in [-0.2, 0) is 13.0 Å². The Labute approximate surface area is 223 Å². The molecule has 0 atom stereocenters. The molecule has 1 heterocycles. The molecular weight excluding hydrogens is 605 g/mol. The van der Waals surface area contributed by atoms with Crippen LogP contribution < -0.4 is 10.3 Å². The molecule has 0 bridgehead atoms. The highest BCUT2D eigenvalue weighted by molar-refractivity contribution is 9.10. The van der Waals surface area contributed by atoms with Crippen LogP contribution in [0.1, 0.15) is 30.3 Å². The third kappa shape index (κ3) is 5.54. The Hall–Kier alpha value is -2.19. The molecule has 174 valence electrons. The Bertz CT molecular complexity index is 1430. The SMILES string of the molecule is CCCc1nc2ccc(Br)cc2c(=O)n1N=Cc1cc(Cl)c(OCc2ccccc2Cl)c(Br)c1. The van der Waals surface area contributed by atoms with Crippen molar-refractivity contribution >= 4 is 72.2 Å². The molecule has 4 rings (SSSR count). The number of halogens is 4. The average molecular weight is 624 g/mol. The van der Waals surface area contributed by atoms with Crippen molar-refractivity contribution in [3.8, 4) is 5.75 Å². The van der Waals surface area contributed by atoms with Crippen LogP contribution in [0, 0.1) is 0 Å². The molecule has 0 aliphatic carbocycles. The maximum atomic E-state index is 13.2. The summed E-state index contributed by atoms with van der Waals surface area (Å²) in [7, 11) is 0. The number of ether oxygens (including phenoxy) is 1. The van der Waals surface area contributed by atoms with Gasteiger partial charge in [0.05, 0.1) is 26.6 Å². The van der Waals surface area contributed by atoms with Gasteiger partial charge in [0.25, 0.3) is 5.56 Å². The second-order valence-electron chi connectivity index (χ2n) is 7.49. The summed E-state index contributed by atoms with van der Waals surface area (Å²) in [5, 5.41) is 5.98. The first-order valence-corrected chi connectivity index (χ1v) is 12.8. The molecule has 0 N–H and O–H groups in total. The van der Waals surface area contributed by atoms with Gasteiger partial charge in [0, 0.05) is 21.5 Å². The van der Waals surface area contributed by atoms with Gasteiger partial charge in [-0.15, -0.1) is 0 Å². The van der Waals surface area contributed by atoms with Crippen molar-refractivity contribution in [1.82, 2.24) is 9.66 Å². The summed E-state index contributed by atoms with van der Waals surface area (Å²) in [6.45, 7) is 2.31. The molecule has 0 amide bonds. The topological polar surface area (TPSA) is 56.5 Å². The van der Waals surface area contributed by atoms with Gasteiger partial charge in [-0.25, -0.2) is 4.98 Å². The molecule has 1 aromatic heterocycles. The molecule has 0 fully saturated rings. The third-order valence-corrected chi connectivity index (χ3v) is 6.75. The number of benzene rings is 3. The predicted octanol–water partition coefficient (Wildman–Crippen LogP) is 7.64. The van der Waals surface area contributed by atoms with E-state index in [1.807, 2.05) is 49.4 Å². The average Bonchev–Trinajstić information content (AvgIpc) is 2.80. The van der Waals surface area contributed by atoms with Crippen LogP contribution in [0.25, 0.3) is 10.9 Å². The van der Waals surface area contributed by atoms with Gasteiger partial charge in [-0.2, -0.15) is 9.78 Å². The highest BCUT2D eigenvalue weighted by atomic mass is 79.9. The van der Waals surface area contributed by atoms with Gasteiger partial charge in [-0.3, -0.25) is 4.79 Å². The molecule has 4 aromatic rings. The van der Waals surface area contributed by atoms with Crippen molar-refractivity contribution in [3.05, 3.63) is 101 Å². The Balaban J connectivity index is 1.65. The van der Waals surface area contributed by atoms with Gasteiger partial charge in [0.15, 0.2) is 5.75 Å². The quantitative estimate of drug-likeness (QED) is 0.199. The Morgan fingerprint density at radius 2 is 1.88 bits per heavy atom. The van der Waals surface area contributed by atoms with Crippen molar-refractivity contribution in [1.29, 1.82) is 0 Å². The second kappa shape index (κ2) is 11.0. The second-order valence-corrected chi connectivity index (χ2v) is 10.1. The monoisotopic (exact) mass is 621 g/mol. The molecule has 3 aromatic carbocycles. The number of hydrogen-bond donors (Lipinski definition) is 0. The lowest BCUT2D eigenvalue weighted by Crippen LogP contribution is -2.22. The summed E-state index contributed by atoms with van der Waals surface area (Å²) >= 11 is 19.6. The van der Waals surface area contributed by atoms with E-state index in [1.54, 1.807) is 18.3 Å². The highest BCUT2D eigenvalue weighted by Crippen LogP contribution is 2.35. The molecule has 0 radical (unpaired) electrons. The maximum Gasteiger partial charge on any atom is 0.282 e. The Kier molecular flexibility index (Phi) is 8.09. The van der Waals surface area contributed by atoms with Crippen molar-refractivity contribution in [2.24, 2.45) is 5.10 Å². The summed E-state index contributed by atoms with van der Waals surface area (Å²) < 4.78 is 8.72. The van der Waals surface area contributed by atoms with Crippen LogP contribution in [0.2, 0.25) is 10.0 Å². The van der Waals surface area contributed by atoms with Gasteiger partial charge in [-0.05, 0) is 64.3 Å². The smallest absolute Gasteiger partial charge is 0.282 e. The van der Waals surface area contributed by atoms with E-state index >= 15 is 0 Å². The molecule has 0 spiro atoms. The summed E-state index contributed by atoms with van der Waals surface area (Å²) in [5.41, 5.74) is 1.98. The van der Waals surface area contributed by atoms with Crippen LogP contribution in [0.5, 0.6) is 5.75 Å². The molecule has 34 heavy (non-hydrogen) atoms. The van der Waals surface area contributed by atoms with Crippen molar-refractivity contribution in [2.45, 2.75) is 26.4 Å². The standard InChI is InChI=1S/C25H19Br2Cl2N3O2/c1-2-5-23-31-22-9-8-17(26)12-18(22)25(33)32(23)30-13-15-10-19(27)24(21(29)11-15)34-14-16-6-3-4-7-20(16)28/h3-4,6-13H,2,5,14H2,1H3. The molecule has 5 nitrogen and oxygen atoms in total. The number of fused-ring (bicyclic) bond motifs is 1. The lowest BCUT2D eigenvalue weighted by molar-refractivity contribution is 0.304. The third-order valence-electron chi connectivity index (χ3n) is 5.02. The minimum atomic E-state index is -0.226. The Morgan fingerprint density at radius 1 is 1.09 bits per heavy atom. The predicted molar refractivity (Wildman–Crippen MR) is 146 cm³/mol. The van der Waals surface area contributed by atoms with Crippen molar-refractivity contribution in [2.75, 3.05) is 0 Å². The van der Waals surface area contributed by atoms with Gasteiger partial charge < -0.3 is 4.74 Å². The molecule has 0 aliphatic rings. The van der Waals surface area contributed by atoms with E-state index in [0.717, 1.165) is 16.5 Å². The fraction of sp³-hybridized carbons (Fsp3) is 0.160. The lowest BCUT2D eigenvalue weighted by Gasteiger charge is -2.12. The zero-order valence-electron chi connectivity index (χ0n) is 18.1. The number of nitrogens with zero attached hydrogens (tertiary/aromatic N) is 3. The van der Waals surface area contributed by atoms with Crippen molar-refractivity contribution < 1.29 is 4.74 Å². The van der Waals surface area contributed by atoms with E-state index < -0.39 is 0 Å². The first kappa shape index (κ1) is 24.9. The summed E-state index contributed by atoms with van der Waals surface area (Å²) in [4.78, 5) is 17.8. The zero-order chi connectivity index (χ0) is 24.2. The fourth-order valence-electron chi connectivity index (χ4n) is 3.38. The largest absolute Gasteiger partial charge is 0.486 e. The van der Waals surface area contributed by atoms with E-state index in [9.17, 15) is 4.79 Å². The summed E-state index contributed by atoms with van der Waals surface area (Å²) in [6.07, 6.45) is 3.04. The first-order chi connectivity index (χ1) is 16.4. The number of hydrogen-bond acceptors (Lipinski definition) is 4. The first-order valence-electron chi connectivity index (χ1n) is 10.5. The van der Waals surface area contributed by atoms with Gasteiger partial charge in [0.2, 0.25) is 0 Å². The zero-order valence-corrected chi connectivity index (χ0v) is 22.7. The number of aromatic nitrogens is 2. The molecule has 9 heteroatoms. The fourth-order valence-corrected chi connectivity index (χ4v) is 4.92. The van der Waals surface area contributed by atoms with E-state index in [1.165, 1.54) is 4.68 Å². The van der Waals surface area contributed by atoms with Gasteiger partial charge >= 0.3 is 0 Å². The summed E-state index contributed by atoms with van der Waals surface area (Å²) in [6, 6.07) is 16.5. The minimum Gasteiger partial charge on any atom is -0.486 e. The van der Waals surface area contributed by atoms with Crippen LogP contribution in [0.3, 0.4) is 0 Å². The van der Waals surface area contributed by atoms with Gasteiger partial charge in [0.1, 0.15) is 12.4 Å². The molecule has 0 saturated heterocycles. The van der Waals surface area contributed by atoms with Crippen LogP contribution in [0.4, 0.5) is 0 Å².